The Morgan fingerprint density at radius 3 is 2.83 bits per heavy atom. The minimum absolute atomic E-state index is 0.250. The average molecular weight is 335 g/mol. The maximum atomic E-state index is 13.8. The lowest BCUT2D eigenvalue weighted by Crippen LogP contribution is -2.48. The molecule has 2 aliphatic heterocycles. The van der Waals surface area contributed by atoms with Crippen LogP contribution in [0.4, 0.5) is 9.18 Å². The highest BCUT2D eigenvalue weighted by Crippen LogP contribution is 2.25. The second-order valence-corrected chi connectivity index (χ2v) is 6.37. The Balaban J connectivity index is 1.64. The van der Waals surface area contributed by atoms with Crippen LogP contribution in [0.2, 0.25) is 0 Å². The van der Waals surface area contributed by atoms with E-state index in [1.165, 1.54) is 6.07 Å². The number of urea groups is 1. The van der Waals surface area contributed by atoms with Crippen molar-refractivity contribution >= 4 is 12.0 Å². The van der Waals surface area contributed by atoms with Gasteiger partial charge in [0.25, 0.3) is 0 Å². The summed E-state index contributed by atoms with van der Waals surface area (Å²) >= 11 is 0. The quantitative estimate of drug-likeness (QED) is 0.847. The lowest BCUT2D eigenvalue weighted by atomic mass is 10.0. The van der Waals surface area contributed by atoms with Crippen LogP contribution >= 0.6 is 0 Å². The van der Waals surface area contributed by atoms with E-state index in [1.807, 2.05) is 18.0 Å². The second kappa shape index (κ2) is 6.76. The Labute approximate surface area is 140 Å². The average Bonchev–Trinajstić information content (AvgIpc) is 3.12. The molecule has 2 atom stereocenters. The SMILES string of the molecule is CCOC(=O)[C@H]1CN(C)C[C@@H]1NC(=O)N1Cc2cccc(F)c2C1. The first-order valence-electron chi connectivity index (χ1n) is 8.16. The van der Waals surface area contributed by atoms with E-state index < -0.39 is 0 Å². The van der Waals surface area contributed by atoms with Crippen LogP contribution in [-0.2, 0) is 22.6 Å². The number of nitrogens with zero attached hydrogens (tertiary/aromatic N) is 2. The van der Waals surface area contributed by atoms with Gasteiger partial charge in [-0.2, -0.15) is 0 Å². The Kier molecular flexibility index (Phi) is 4.71. The van der Waals surface area contributed by atoms with E-state index in [2.05, 4.69) is 5.32 Å². The lowest BCUT2D eigenvalue weighted by molar-refractivity contribution is -0.148. The molecular formula is C17H22FN3O3. The van der Waals surface area contributed by atoms with Gasteiger partial charge < -0.3 is 19.9 Å². The van der Waals surface area contributed by atoms with Crippen LogP contribution in [-0.4, -0.2) is 54.6 Å². The molecular weight excluding hydrogens is 313 g/mol. The first kappa shape index (κ1) is 16.7. The number of benzene rings is 1. The number of amides is 2. The number of ether oxygens (including phenoxy) is 1. The standard InChI is InChI=1S/C17H22FN3O3/c1-3-24-16(22)13-8-20(2)10-15(13)19-17(23)21-7-11-5-4-6-14(18)12(11)9-21/h4-6,13,15H,3,7-10H2,1-2H3,(H,19,23)/t13-,15-/m0/s1. The summed E-state index contributed by atoms with van der Waals surface area (Å²) in [6.07, 6.45) is 0. The van der Waals surface area contributed by atoms with E-state index in [-0.39, 0.29) is 36.3 Å². The normalized spacial score (nSPS) is 23.2. The summed E-state index contributed by atoms with van der Waals surface area (Å²) in [5, 5.41) is 2.92. The number of esters is 1. The van der Waals surface area contributed by atoms with Gasteiger partial charge in [-0.15, -0.1) is 0 Å². The minimum atomic E-state index is -0.374. The van der Waals surface area contributed by atoms with Gasteiger partial charge in [-0.25, -0.2) is 9.18 Å². The minimum Gasteiger partial charge on any atom is -0.466 e. The van der Waals surface area contributed by atoms with E-state index in [1.54, 1.807) is 17.9 Å². The van der Waals surface area contributed by atoms with Crippen LogP contribution < -0.4 is 5.32 Å². The highest BCUT2D eigenvalue weighted by atomic mass is 19.1. The first-order valence-corrected chi connectivity index (χ1v) is 8.16. The fourth-order valence-corrected chi connectivity index (χ4v) is 3.41. The molecule has 0 radical (unpaired) electrons. The van der Waals surface area contributed by atoms with E-state index in [0.717, 1.165) is 5.56 Å². The van der Waals surface area contributed by atoms with Gasteiger partial charge in [0.1, 0.15) is 5.82 Å². The van der Waals surface area contributed by atoms with Crippen molar-refractivity contribution in [3.05, 3.63) is 35.1 Å². The molecule has 1 saturated heterocycles. The molecule has 3 rings (SSSR count). The molecule has 0 unspecified atom stereocenters. The van der Waals surface area contributed by atoms with Crippen LogP contribution in [0.1, 0.15) is 18.1 Å². The van der Waals surface area contributed by atoms with E-state index >= 15 is 0 Å². The molecule has 0 saturated carbocycles. The lowest BCUT2D eigenvalue weighted by Gasteiger charge is -2.23. The zero-order valence-corrected chi connectivity index (χ0v) is 13.9. The van der Waals surface area contributed by atoms with Gasteiger partial charge in [-0.05, 0) is 25.6 Å². The van der Waals surface area contributed by atoms with Gasteiger partial charge in [0, 0.05) is 25.2 Å². The zero-order valence-electron chi connectivity index (χ0n) is 13.9. The van der Waals surface area contributed by atoms with Crippen molar-refractivity contribution in [2.24, 2.45) is 5.92 Å². The number of rotatable bonds is 3. The molecule has 130 valence electrons. The van der Waals surface area contributed by atoms with E-state index in [0.29, 0.717) is 31.8 Å². The predicted molar refractivity (Wildman–Crippen MR) is 85.6 cm³/mol. The molecule has 7 heteroatoms. The van der Waals surface area contributed by atoms with Gasteiger partial charge in [0.15, 0.2) is 0 Å². The number of fused-ring (bicyclic) bond motifs is 1. The summed E-state index contributed by atoms with van der Waals surface area (Å²) in [7, 11) is 1.90. The predicted octanol–water partition coefficient (Wildman–Crippen LogP) is 1.34. The summed E-state index contributed by atoms with van der Waals surface area (Å²) in [6.45, 7) is 3.86. The van der Waals surface area contributed by atoms with Crippen molar-refractivity contribution in [2.45, 2.75) is 26.1 Å². The topological polar surface area (TPSA) is 61.9 Å². The second-order valence-electron chi connectivity index (χ2n) is 6.37. The van der Waals surface area contributed by atoms with Crippen LogP contribution in [0.15, 0.2) is 18.2 Å². The van der Waals surface area contributed by atoms with Crippen molar-refractivity contribution in [3.8, 4) is 0 Å². The Hall–Kier alpha value is -2.15. The maximum absolute atomic E-state index is 13.8. The Morgan fingerprint density at radius 2 is 2.12 bits per heavy atom. The number of hydrogen-bond acceptors (Lipinski definition) is 4. The van der Waals surface area contributed by atoms with Crippen LogP contribution in [0.3, 0.4) is 0 Å². The highest BCUT2D eigenvalue weighted by molar-refractivity contribution is 5.78. The molecule has 24 heavy (non-hydrogen) atoms. The third-order valence-corrected chi connectivity index (χ3v) is 4.61. The van der Waals surface area contributed by atoms with Gasteiger partial charge in [0.2, 0.25) is 0 Å². The Bertz CT molecular complexity index is 652. The fourth-order valence-electron chi connectivity index (χ4n) is 3.41. The largest absolute Gasteiger partial charge is 0.466 e. The zero-order chi connectivity index (χ0) is 17.3. The van der Waals surface area contributed by atoms with Crippen LogP contribution in [0.25, 0.3) is 0 Å². The van der Waals surface area contributed by atoms with Gasteiger partial charge in [-0.3, -0.25) is 4.79 Å². The molecule has 2 amide bonds. The molecule has 0 aromatic heterocycles. The van der Waals surface area contributed by atoms with Crippen molar-refractivity contribution in [3.63, 3.8) is 0 Å². The number of nitrogens with one attached hydrogen (secondary N) is 1. The van der Waals surface area contributed by atoms with Crippen LogP contribution in [0.5, 0.6) is 0 Å². The van der Waals surface area contributed by atoms with Gasteiger partial charge in [0.05, 0.1) is 25.1 Å². The summed E-state index contributed by atoms with van der Waals surface area (Å²) < 4.78 is 18.9. The van der Waals surface area contributed by atoms with Crippen molar-refractivity contribution in [1.29, 1.82) is 0 Å². The first-order chi connectivity index (χ1) is 11.5. The molecule has 1 N–H and O–H groups in total. The van der Waals surface area contributed by atoms with Crippen LogP contribution in [0, 0.1) is 11.7 Å². The number of carbonyl (C=O) groups excluding carboxylic acids is 2. The molecule has 2 heterocycles. The van der Waals surface area contributed by atoms with E-state index in [4.69, 9.17) is 4.74 Å². The number of likely N-dealkylation sites (tertiary alicyclic amines) is 1. The third kappa shape index (κ3) is 3.21. The van der Waals surface area contributed by atoms with Crippen molar-refractivity contribution in [2.75, 3.05) is 26.7 Å². The highest BCUT2D eigenvalue weighted by Gasteiger charge is 2.39. The molecule has 2 aliphatic rings. The molecule has 1 fully saturated rings. The molecule has 0 bridgehead atoms. The summed E-state index contributed by atoms with van der Waals surface area (Å²) in [6, 6.07) is 4.31. The van der Waals surface area contributed by atoms with Crippen molar-refractivity contribution in [1.82, 2.24) is 15.1 Å². The monoisotopic (exact) mass is 335 g/mol. The molecule has 0 spiro atoms. The number of likely N-dealkylation sites (N-methyl/N-ethyl adjacent to an activating group) is 1. The summed E-state index contributed by atoms with van der Waals surface area (Å²) in [4.78, 5) is 28.2. The Morgan fingerprint density at radius 1 is 1.33 bits per heavy atom. The third-order valence-electron chi connectivity index (χ3n) is 4.61. The van der Waals surface area contributed by atoms with E-state index in [9.17, 15) is 14.0 Å². The van der Waals surface area contributed by atoms with Crippen molar-refractivity contribution < 1.29 is 18.7 Å². The maximum Gasteiger partial charge on any atom is 0.318 e. The summed E-state index contributed by atoms with van der Waals surface area (Å²) in [5.41, 5.74) is 1.40. The van der Waals surface area contributed by atoms with Gasteiger partial charge >= 0.3 is 12.0 Å². The molecule has 6 nitrogen and oxygen atoms in total. The summed E-state index contributed by atoms with van der Waals surface area (Å²) in [5.74, 6) is -0.948. The smallest absolute Gasteiger partial charge is 0.318 e. The molecule has 1 aromatic carbocycles. The number of halogens is 1. The number of carbonyl (C=O) groups is 2. The molecule has 0 aliphatic carbocycles. The fraction of sp³-hybridized carbons (Fsp3) is 0.529. The molecule has 1 aromatic rings. The van der Waals surface area contributed by atoms with Gasteiger partial charge in [-0.1, -0.05) is 12.1 Å². The number of hydrogen-bond donors (Lipinski definition) is 1.